The Hall–Kier alpha value is -2.18. The minimum atomic E-state index is -0.747. The second-order valence-electron chi connectivity index (χ2n) is 4.83. The highest BCUT2D eigenvalue weighted by Gasteiger charge is 2.18. The Bertz CT molecular complexity index is 783. The van der Waals surface area contributed by atoms with E-state index in [0.717, 1.165) is 12.1 Å². The van der Waals surface area contributed by atoms with Gasteiger partial charge in [0.1, 0.15) is 5.82 Å². The van der Waals surface area contributed by atoms with Crippen LogP contribution in [0.15, 0.2) is 36.4 Å². The molecule has 0 heterocycles. The molecule has 8 heteroatoms. The van der Waals surface area contributed by atoms with E-state index in [-0.39, 0.29) is 27.8 Å². The number of carbonyl (C=O) groups excluding carboxylic acids is 1. The van der Waals surface area contributed by atoms with Crippen LogP contribution in [0.3, 0.4) is 0 Å². The molecule has 2 aromatic carbocycles. The van der Waals surface area contributed by atoms with Crippen LogP contribution in [0.4, 0.5) is 10.1 Å². The van der Waals surface area contributed by atoms with Gasteiger partial charge >= 0.3 is 0 Å². The predicted octanol–water partition coefficient (Wildman–Crippen LogP) is 4.31. The predicted molar refractivity (Wildman–Crippen MR) is 85.3 cm³/mol. The molecule has 1 amide bonds. The molecule has 2 aromatic rings. The molecule has 2 rings (SSSR count). The molecule has 0 aliphatic carbocycles. The van der Waals surface area contributed by atoms with E-state index in [9.17, 15) is 19.3 Å². The number of rotatable bonds is 4. The lowest BCUT2D eigenvalue weighted by atomic mass is 10.1. The van der Waals surface area contributed by atoms with Crippen molar-refractivity contribution in [1.29, 1.82) is 0 Å². The maximum absolute atomic E-state index is 13.5. The summed E-state index contributed by atoms with van der Waals surface area (Å²) in [5, 5.41) is 10.6. The smallest absolute Gasteiger partial charge is 0.269 e. The fourth-order valence-corrected chi connectivity index (χ4v) is 2.47. The normalized spacial score (nSPS) is 10.4. The molecule has 0 atom stereocenters. The maximum atomic E-state index is 13.5. The monoisotopic (exact) mass is 356 g/mol. The molecule has 120 valence electrons. The molecule has 0 spiro atoms. The van der Waals surface area contributed by atoms with E-state index < -0.39 is 16.6 Å². The number of carbonyl (C=O) groups is 1. The Morgan fingerprint density at radius 3 is 2.61 bits per heavy atom. The van der Waals surface area contributed by atoms with Crippen LogP contribution in [0.25, 0.3) is 0 Å². The van der Waals surface area contributed by atoms with Gasteiger partial charge in [-0.25, -0.2) is 4.39 Å². The number of nitrogens with zero attached hydrogens (tertiary/aromatic N) is 2. The standard InChI is InChI=1S/C15H11Cl2FN2O3/c1-19(8-9-3-2-4-10(5-9)20(22)23)15(21)11-6-14(18)13(17)7-12(11)16/h2-7H,8H2,1H3. The van der Waals surface area contributed by atoms with Crippen LogP contribution in [-0.4, -0.2) is 22.8 Å². The quantitative estimate of drug-likeness (QED) is 0.465. The number of nitro benzene ring substituents is 1. The minimum Gasteiger partial charge on any atom is -0.337 e. The van der Waals surface area contributed by atoms with E-state index in [1.54, 1.807) is 6.07 Å². The molecule has 0 N–H and O–H groups in total. The molecule has 5 nitrogen and oxygen atoms in total. The minimum absolute atomic E-state index is 0.0264. The van der Waals surface area contributed by atoms with Crippen molar-refractivity contribution in [3.63, 3.8) is 0 Å². The zero-order valence-corrected chi connectivity index (χ0v) is 13.4. The highest BCUT2D eigenvalue weighted by Crippen LogP contribution is 2.25. The summed E-state index contributed by atoms with van der Waals surface area (Å²) in [5.74, 6) is -1.26. The van der Waals surface area contributed by atoms with E-state index in [1.165, 1.54) is 30.1 Å². The number of hydrogen-bond donors (Lipinski definition) is 0. The fourth-order valence-electron chi connectivity index (χ4n) is 2.01. The largest absolute Gasteiger partial charge is 0.337 e. The first kappa shape index (κ1) is 17.2. The van der Waals surface area contributed by atoms with Crippen LogP contribution >= 0.6 is 23.2 Å². The Morgan fingerprint density at radius 1 is 1.26 bits per heavy atom. The number of nitro groups is 1. The third-order valence-electron chi connectivity index (χ3n) is 3.13. The molecule has 0 aromatic heterocycles. The van der Waals surface area contributed by atoms with Gasteiger partial charge in [0.15, 0.2) is 0 Å². The van der Waals surface area contributed by atoms with Crippen LogP contribution < -0.4 is 0 Å². The van der Waals surface area contributed by atoms with Crippen LogP contribution in [-0.2, 0) is 6.54 Å². The molecule has 0 aliphatic heterocycles. The van der Waals surface area contributed by atoms with E-state index >= 15 is 0 Å². The molecular formula is C15H11Cl2FN2O3. The van der Waals surface area contributed by atoms with E-state index in [0.29, 0.717) is 5.56 Å². The van der Waals surface area contributed by atoms with Crippen molar-refractivity contribution in [3.8, 4) is 0 Å². The zero-order chi connectivity index (χ0) is 17.1. The van der Waals surface area contributed by atoms with Gasteiger partial charge in [0, 0.05) is 25.7 Å². The Balaban J connectivity index is 2.22. The SMILES string of the molecule is CN(Cc1cccc([N+](=O)[O-])c1)C(=O)c1cc(F)c(Cl)cc1Cl. The van der Waals surface area contributed by atoms with Crippen molar-refractivity contribution in [1.82, 2.24) is 4.90 Å². The van der Waals surface area contributed by atoms with Gasteiger partial charge in [-0.2, -0.15) is 0 Å². The third-order valence-corrected chi connectivity index (χ3v) is 3.73. The molecular weight excluding hydrogens is 346 g/mol. The summed E-state index contributed by atoms with van der Waals surface area (Å²) in [6, 6.07) is 8.04. The van der Waals surface area contributed by atoms with Crippen LogP contribution in [0.1, 0.15) is 15.9 Å². The number of hydrogen-bond acceptors (Lipinski definition) is 3. The van der Waals surface area contributed by atoms with Crippen molar-refractivity contribution in [2.75, 3.05) is 7.05 Å². The lowest BCUT2D eigenvalue weighted by Crippen LogP contribution is -2.26. The second kappa shape index (κ2) is 6.93. The van der Waals surface area contributed by atoms with Gasteiger partial charge in [-0.1, -0.05) is 35.3 Å². The molecule has 23 heavy (non-hydrogen) atoms. The van der Waals surface area contributed by atoms with Gasteiger partial charge in [0.25, 0.3) is 11.6 Å². The summed E-state index contributed by atoms with van der Waals surface area (Å²) in [5.41, 5.74) is 0.473. The molecule has 0 saturated carbocycles. The highest BCUT2D eigenvalue weighted by molar-refractivity contribution is 6.36. The highest BCUT2D eigenvalue weighted by atomic mass is 35.5. The van der Waals surface area contributed by atoms with Gasteiger partial charge in [-0.05, 0) is 17.7 Å². The topological polar surface area (TPSA) is 63.4 Å². The summed E-state index contributed by atoms with van der Waals surface area (Å²) < 4.78 is 13.5. The van der Waals surface area contributed by atoms with Crippen molar-refractivity contribution >= 4 is 34.8 Å². The molecule has 0 saturated heterocycles. The van der Waals surface area contributed by atoms with Crippen molar-refractivity contribution < 1.29 is 14.1 Å². The van der Waals surface area contributed by atoms with Crippen LogP contribution in [0.2, 0.25) is 10.0 Å². The summed E-state index contributed by atoms with van der Waals surface area (Å²) in [4.78, 5) is 23.9. The Labute approximate surface area is 141 Å². The summed E-state index contributed by atoms with van der Waals surface area (Å²) in [6.07, 6.45) is 0. The summed E-state index contributed by atoms with van der Waals surface area (Å²) in [6.45, 7) is 0.112. The van der Waals surface area contributed by atoms with E-state index in [2.05, 4.69) is 0 Å². The third kappa shape index (κ3) is 3.97. The Kier molecular flexibility index (Phi) is 5.18. The first-order chi connectivity index (χ1) is 10.8. The van der Waals surface area contributed by atoms with Crippen molar-refractivity contribution in [3.05, 3.63) is 73.5 Å². The number of benzene rings is 2. The first-order valence-corrected chi connectivity index (χ1v) is 7.18. The van der Waals surface area contributed by atoms with E-state index in [4.69, 9.17) is 23.2 Å². The Morgan fingerprint density at radius 2 is 1.96 bits per heavy atom. The lowest BCUT2D eigenvalue weighted by molar-refractivity contribution is -0.384. The average Bonchev–Trinajstić information content (AvgIpc) is 2.50. The fraction of sp³-hybridized carbons (Fsp3) is 0.133. The van der Waals surface area contributed by atoms with Gasteiger partial charge in [0.05, 0.1) is 20.5 Å². The van der Waals surface area contributed by atoms with Gasteiger partial charge < -0.3 is 4.90 Å². The van der Waals surface area contributed by atoms with Gasteiger partial charge in [0.2, 0.25) is 0 Å². The molecule has 0 unspecified atom stereocenters. The number of amides is 1. The van der Waals surface area contributed by atoms with E-state index in [1.807, 2.05) is 0 Å². The summed E-state index contributed by atoms with van der Waals surface area (Å²) >= 11 is 11.5. The zero-order valence-electron chi connectivity index (χ0n) is 11.9. The van der Waals surface area contributed by atoms with Crippen molar-refractivity contribution in [2.45, 2.75) is 6.54 Å². The van der Waals surface area contributed by atoms with Crippen LogP contribution in [0, 0.1) is 15.9 Å². The second-order valence-corrected chi connectivity index (χ2v) is 5.65. The number of halogens is 3. The van der Waals surface area contributed by atoms with Crippen LogP contribution in [0.5, 0.6) is 0 Å². The lowest BCUT2D eigenvalue weighted by Gasteiger charge is -2.18. The van der Waals surface area contributed by atoms with Gasteiger partial charge in [-0.15, -0.1) is 0 Å². The molecule has 0 radical (unpaired) electrons. The maximum Gasteiger partial charge on any atom is 0.269 e. The molecule has 0 fully saturated rings. The van der Waals surface area contributed by atoms with Crippen molar-refractivity contribution in [2.24, 2.45) is 0 Å². The summed E-state index contributed by atoms with van der Waals surface area (Å²) in [7, 11) is 1.49. The average molecular weight is 357 g/mol. The molecule has 0 bridgehead atoms. The van der Waals surface area contributed by atoms with Gasteiger partial charge in [-0.3, -0.25) is 14.9 Å². The number of non-ortho nitro benzene ring substituents is 1. The first-order valence-electron chi connectivity index (χ1n) is 6.43. The molecule has 0 aliphatic rings.